The van der Waals surface area contributed by atoms with Crippen molar-refractivity contribution in [3.63, 3.8) is 0 Å². The second kappa shape index (κ2) is 4.77. The lowest BCUT2D eigenvalue weighted by atomic mass is 9.86. The Morgan fingerprint density at radius 2 is 2.00 bits per heavy atom. The average Bonchev–Trinajstić information content (AvgIpc) is 2.30. The third-order valence-electron chi connectivity index (χ3n) is 3.41. The summed E-state index contributed by atoms with van der Waals surface area (Å²) in [6.07, 6.45) is 1.24. The lowest BCUT2D eigenvalue weighted by Gasteiger charge is -2.37. The Morgan fingerprint density at radius 3 is 2.67 bits per heavy atom. The third-order valence-corrected chi connectivity index (χ3v) is 3.41. The van der Waals surface area contributed by atoms with Gasteiger partial charge in [0.05, 0.1) is 0 Å². The lowest BCUT2D eigenvalue weighted by molar-refractivity contribution is 0.212. The molecule has 1 aliphatic rings. The molecule has 0 unspecified atom stereocenters. The molecule has 82 valence electrons. The lowest BCUT2D eigenvalue weighted by Crippen LogP contribution is -2.45. The topological polar surface area (TPSA) is 15.3 Å². The van der Waals surface area contributed by atoms with E-state index in [1.807, 2.05) is 0 Å². The number of piperidine rings is 1. The number of likely N-dealkylation sites (N-methyl/N-ethyl adjacent to an activating group) is 2. The minimum atomic E-state index is 0.628. The van der Waals surface area contributed by atoms with E-state index in [0.29, 0.717) is 12.0 Å². The molecule has 0 aromatic heterocycles. The number of nitrogens with zero attached hydrogens (tertiary/aromatic N) is 1. The van der Waals surface area contributed by atoms with Gasteiger partial charge in [-0.3, -0.25) is 0 Å². The van der Waals surface area contributed by atoms with Crippen molar-refractivity contribution in [2.24, 2.45) is 0 Å². The Balaban J connectivity index is 2.17. The SMILES string of the molecule is CN[C@H]1CCN(C)C[C@@H]1c1ccccc1. The maximum Gasteiger partial charge on any atom is 0.0157 e. The molecule has 2 rings (SSSR count). The molecule has 0 spiro atoms. The highest BCUT2D eigenvalue weighted by Gasteiger charge is 2.27. The molecule has 1 N–H and O–H groups in total. The van der Waals surface area contributed by atoms with Crippen LogP contribution in [0.2, 0.25) is 0 Å². The molecule has 0 amide bonds. The number of hydrogen-bond acceptors (Lipinski definition) is 2. The summed E-state index contributed by atoms with van der Waals surface area (Å²) in [5.74, 6) is 0.634. The quantitative estimate of drug-likeness (QED) is 0.788. The van der Waals surface area contributed by atoms with Gasteiger partial charge in [0.2, 0.25) is 0 Å². The van der Waals surface area contributed by atoms with E-state index in [2.05, 4.69) is 54.6 Å². The van der Waals surface area contributed by atoms with Crippen molar-refractivity contribution in [1.29, 1.82) is 0 Å². The highest BCUT2D eigenvalue weighted by molar-refractivity contribution is 5.22. The summed E-state index contributed by atoms with van der Waals surface area (Å²) in [4.78, 5) is 2.42. The molecule has 1 heterocycles. The molecule has 0 aliphatic carbocycles. The van der Waals surface area contributed by atoms with Gasteiger partial charge in [-0.15, -0.1) is 0 Å². The summed E-state index contributed by atoms with van der Waals surface area (Å²) in [5, 5.41) is 3.45. The molecule has 0 radical (unpaired) electrons. The fourth-order valence-corrected chi connectivity index (χ4v) is 2.50. The minimum Gasteiger partial charge on any atom is -0.316 e. The van der Waals surface area contributed by atoms with Crippen LogP contribution in [0.4, 0.5) is 0 Å². The molecule has 2 nitrogen and oxygen atoms in total. The molecule has 1 aromatic rings. The summed E-state index contributed by atoms with van der Waals surface area (Å²) < 4.78 is 0. The van der Waals surface area contributed by atoms with Crippen LogP contribution in [0.25, 0.3) is 0 Å². The van der Waals surface area contributed by atoms with Gasteiger partial charge in [-0.2, -0.15) is 0 Å². The first-order chi connectivity index (χ1) is 7.31. The third kappa shape index (κ3) is 2.39. The smallest absolute Gasteiger partial charge is 0.0157 e. The Morgan fingerprint density at radius 1 is 1.27 bits per heavy atom. The monoisotopic (exact) mass is 204 g/mol. The Hall–Kier alpha value is -0.860. The maximum absolute atomic E-state index is 3.45. The van der Waals surface area contributed by atoms with Crippen molar-refractivity contribution >= 4 is 0 Å². The van der Waals surface area contributed by atoms with Gasteiger partial charge in [0.15, 0.2) is 0 Å². The van der Waals surface area contributed by atoms with E-state index in [-0.39, 0.29) is 0 Å². The van der Waals surface area contributed by atoms with Gasteiger partial charge in [0.25, 0.3) is 0 Å². The Labute approximate surface area is 92.3 Å². The van der Waals surface area contributed by atoms with E-state index in [1.54, 1.807) is 0 Å². The highest BCUT2D eigenvalue weighted by Crippen LogP contribution is 2.26. The fraction of sp³-hybridized carbons (Fsp3) is 0.538. The zero-order valence-corrected chi connectivity index (χ0v) is 9.61. The molecule has 0 saturated carbocycles. The van der Waals surface area contributed by atoms with E-state index in [0.717, 1.165) is 6.54 Å². The summed E-state index contributed by atoms with van der Waals surface area (Å²) >= 11 is 0. The predicted octanol–water partition coefficient (Wildman–Crippen LogP) is 1.69. The molecule has 2 atom stereocenters. The number of rotatable bonds is 2. The van der Waals surface area contributed by atoms with Gasteiger partial charge in [0, 0.05) is 18.5 Å². The largest absolute Gasteiger partial charge is 0.316 e. The van der Waals surface area contributed by atoms with Crippen LogP contribution in [-0.2, 0) is 0 Å². The molecule has 1 aliphatic heterocycles. The van der Waals surface area contributed by atoms with Crippen LogP contribution in [0, 0.1) is 0 Å². The number of likely N-dealkylation sites (tertiary alicyclic amines) is 1. The van der Waals surface area contributed by atoms with Crippen LogP contribution in [-0.4, -0.2) is 38.1 Å². The minimum absolute atomic E-state index is 0.628. The van der Waals surface area contributed by atoms with Gasteiger partial charge < -0.3 is 10.2 Å². The van der Waals surface area contributed by atoms with E-state index < -0.39 is 0 Å². The van der Waals surface area contributed by atoms with E-state index in [1.165, 1.54) is 18.5 Å². The molecule has 1 aromatic carbocycles. The fourth-order valence-electron chi connectivity index (χ4n) is 2.50. The van der Waals surface area contributed by atoms with Crippen molar-refractivity contribution in [2.75, 3.05) is 27.2 Å². The van der Waals surface area contributed by atoms with E-state index in [4.69, 9.17) is 0 Å². The molecule has 0 bridgehead atoms. The van der Waals surface area contributed by atoms with Crippen LogP contribution in [0.1, 0.15) is 17.9 Å². The van der Waals surface area contributed by atoms with E-state index >= 15 is 0 Å². The zero-order chi connectivity index (χ0) is 10.7. The molecule has 1 saturated heterocycles. The molecular weight excluding hydrogens is 184 g/mol. The number of hydrogen-bond donors (Lipinski definition) is 1. The molecule has 1 fully saturated rings. The summed E-state index contributed by atoms with van der Waals surface area (Å²) in [7, 11) is 4.29. The number of nitrogens with one attached hydrogen (secondary N) is 1. The first-order valence-corrected chi connectivity index (χ1v) is 5.72. The molecule has 15 heavy (non-hydrogen) atoms. The van der Waals surface area contributed by atoms with Crippen molar-refractivity contribution in [3.05, 3.63) is 35.9 Å². The Bertz CT molecular complexity index is 297. The first-order valence-electron chi connectivity index (χ1n) is 5.72. The standard InChI is InChI=1S/C13H20N2/c1-14-13-8-9-15(2)10-12(13)11-6-4-3-5-7-11/h3-7,12-14H,8-10H2,1-2H3/t12-,13+/m1/s1. The summed E-state index contributed by atoms with van der Waals surface area (Å²) in [6, 6.07) is 11.5. The van der Waals surface area contributed by atoms with Crippen molar-refractivity contribution in [3.8, 4) is 0 Å². The van der Waals surface area contributed by atoms with Gasteiger partial charge >= 0.3 is 0 Å². The average molecular weight is 204 g/mol. The number of benzene rings is 1. The molecule has 2 heteroatoms. The second-order valence-electron chi connectivity index (χ2n) is 4.46. The zero-order valence-electron chi connectivity index (χ0n) is 9.61. The molecular formula is C13H20N2. The Kier molecular flexibility index (Phi) is 3.39. The summed E-state index contributed by atoms with van der Waals surface area (Å²) in [6.45, 7) is 2.37. The first kappa shape index (κ1) is 10.7. The second-order valence-corrected chi connectivity index (χ2v) is 4.46. The van der Waals surface area contributed by atoms with Crippen LogP contribution in [0.5, 0.6) is 0 Å². The van der Waals surface area contributed by atoms with Crippen LogP contribution >= 0.6 is 0 Å². The van der Waals surface area contributed by atoms with Gasteiger partial charge in [-0.05, 0) is 32.6 Å². The van der Waals surface area contributed by atoms with Crippen LogP contribution < -0.4 is 5.32 Å². The van der Waals surface area contributed by atoms with Gasteiger partial charge in [0.1, 0.15) is 0 Å². The van der Waals surface area contributed by atoms with Crippen LogP contribution in [0.3, 0.4) is 0 Å². The van der Waals surface area contributed by atoms with Crippen LogP contribution in [0.15, 0.2) is 30.3 Å². The maximum atomic E-state index is 3.45. The van der Waals surface area contributed by atoms with E-state index in [9.17, 15) is 0 Å². The summed E-state index contributed by atoms with van der Waals surface area (Å²) in [5.41, 5.74) is 1.46. The van der Waals surface area contributed by atoms with Gasteiger partial charge in [-0.1, -0.05) is 30.3 Å². The normalized spacial score (nSPS) is 27.9. The highest BCUT2D eigenvalue weighted by atomic mass is 15.1. The van der Waals surface area contributed by atoms with Crippen molar-refractivity contribution < 1.29 is 0 Å². The predicted molar refractivity (Wildman–Crippen MR) is 64.1 cm³/mol. The van der Waals surface area contributed by atoms with Crippen molar-refractivity contribution in [1.82, 2.24) is 10.2 Å². The van der Waals surface area contributed by atoms with Crippen molar-refractivity contribution in [2.45, 2.75) is 18.4 Å². The van der Waals surface area contributed by atoms with Gasteiger partial charge in [-0.25, -0.2) is 0 Å².